The van der Waals surface area contributed by atoms with E-state index in [0.29, 0.717) is 12.8 Å². The van der Waals surface area contributed by atoms with Crippen LogP contribution in [0.5, 0.6) is 0 Å². The molecule has 9 atom stereocenters. The summed E-state index contributed by atoms with van der Waals surface area (Å²) in [6, 6.07) is 0. The highest BCUT2D eigenvalue weighted by molar-refractivity contribution is 5.69. The van der Waals surface area contributed by atoms with Crippen molar-refractivity contribution in [3.8, 4) is 0 Å². The zero-order valence-electron chi connectivity index (χ0n) is 25.6. The van der Waals surface area contributed by atoms with Gasteiger partial charge in [0, 0.05) is 6.42 Å². The number of allylic oxidation sites excluding steroid dienone is 8. The third kappa shape index (κ3) is 12.1. The number of aliphatic hydroxyl groups is 7. The van der Waals surface area contributed by atoms with Crippen molar-refractivity contribution in [3.05, 3.63) is 48.6 Å². The molecule has 0 spiro atoms. The van der Waals surface area contributed by atoms with E-state index in [1.807, 2.05) is 12.2 Å². The van der Waals surface area contributed by atoms with Crippen LogP contribution in [-0.4, -0.2) is 116 Å². The van der Waals surface area contributed by atoms with Gasteiger partial charge in [-0.1, -0.05) is 68.4 Å². The van der Waals surface area contributed by atoms with Crippen LogP contribution in [0.25, 0.3) is 0 Å². The molecule has 2 rings (SSSR count). The molecule has 0 aromatic heterocycles. The van der Waals surface area contributed by atoms with Gasteiger partial charge in [-0.3, -0.25) is 4.79 Å². The van der Waals surface area contributed by atoms with Crippen LogP contribution in [0.2, 0.25) is 0 Å². The van der Waals surface area contributed by atoms with Crippen molar-refractivity contribution in [1.29, 1.82) is 0 Å². The number of hydrogen-bond acceptors (Lipinski definition) is 12. The molecular formula is C32H52O12. The number of carbonyl (C=O) groups excluding carboxylic acids is 1. The normalized spacial score (nSPS) is 33.0. The Morgan fingerprint density at radius 2 is 1.34 bits per heavy atom. The van der Waals surface area contributed by atoms with Gasteiger partial charge in [-0.15, -0.1) is 0 Å². The van der Waals surface area contributed by atoms with Gasteiger partial charge in [0.2, 0.25) is 5.79 Å². The number of carbonyl (C=O) groups is 1. The fraction of sp³-hybridized carbons (Fsp3) is 0.719. The summed E-state index contributed by atoms with van der Waals surface area (Å²) >= 11 is 0. The van der Waals surface area contributed by atoms with Gasteiger partial charge in [0.1, 0.15) is 55.9 Å². The van der Waals surface area contributed by atoms with Gasteiger partial charge in [-0.05, 0) is 44.9 Å². The minimum atomic E-state index is -2.30. The van der Waals surface area contributed by atoms with Gasteiger partial charge in [-0.2, -0.15) is 0 Å². The van der Waals surface area contributed by atoms with Crippen LogP contribution in [0.15, 0.2) is 48.6 Å². The SMILES string of the molecule is CCCCC/C=C\C/C=C\C/C=C\C/C=C\CCCC(=O)OC[C@H]1O[C@@](CO)(O[C@H]2O[C@H](CO)[C@@H](O)[C@H](O)[C@H]2O)[C@@H](O)[C@@H]1O. The molecule has 2 fully saturated rings. The van der Waals surface area contributed by atoms with E-state index in [-0.39, 0.29) is 6.42 Å². The molecule has 252 valence electrons. The molecule has 2 heterocycles. The number of hydrogen-bond donors (Lipinski definition) is 7. The van der Waals surface area contributed by atoms with E-state index in [4.69, 9.17) is 18.9 Å². The first-order valence-corrected chi connectivity index (χ1v) is 15.6. The van der Waals surface area contributed by atoms with Crippen molar-refractivity contribution in [2.45, 2.75) is 126 Å². The Morgan fingerprint density at radius 3 is 1.91 bits per heavy atom. The quantitative estimate of drug-likeness (QED) is 0.0581. The summed E-state index contributed by atoms with van der Waals surface area (Å²) in [4.78, 5) is 12.2. The molecule has 44 heavy (non-hydrogen) atoms. The zero-order valence-corrected chi connectivity index (χ0v) is 25.6. The largest absolute Gasteiger partial charge is 0.463 e. The summed E-state index contributed by atoms with van der Waals surface area (Å²) in [6.45, 7) is 0.0443. The summed E-state index contributed by atoms with van der Waals surface area (Å²) in [5.74, 6) is -2.84. The van der Waals surface area contributed by atoms with E-state index >= 15 is 0 Å². The molecule has 0 amide bonds. The smallest absolute Gasteiger partial charge is 0.305 e. The lowest BCUT2D eigenvalue weighted by atomic mass is 9.99. The van der Waals surface area contributed by atoms with Crippen LogP contribution >= 0.6 is 0 Å². The van der Waals surface area contributed by atoms with Crippen molar-refractivity contribution >= 4 is 5.97 Å². The second-order valence-electron chi connectivity index (χ2n) is 11.0. The van der Waals surface area contributed by atoms with Gasteiger partial charge < -0.3 is 54.7 Å². The van der Waals surface area contributed by atoms with Crippen molar-refractivity contribution in [2.24, 2.45) is 0 Å². The molecule has 2 saturated heterocycles. The standard InChI is InChI=1S/C32H52O12/c1-2-3-4-5-6-7-8-9-10-11-12-13-14-15-16-17-18-19-25(35)41-21-24-27(37)30(40)32(22-34,43-24)44-31-29(39)28(38)26(36)23(20-33)42-31/h6-7,9-10,12-13,15-16,23-24,26-31,33-34,36-40H,2-5,8,11,14,17-22H2,1H3/b7-6-,10-9-,13-12-,16-15-/t23-,24-,26-,27-,28+,29-,30+,31-,32+/m1/s1. The van der Waals surface area contributed by atoms with Crippen LogP contribution in [0, 0.1) is 0 Å². The van der Waals surface area contributed by atoms with Crippen LogP contribution in [0.4, 0.5) is 0 Å². The second-order valence-corrected chi connectivity index (χ2v) is 11.0. The topological polar surface area (TPSA) is 196 Å². The zero-order chi connectivity index (χ0) is 32.4. The molecule has 0 saturated carbocycles. The Kier molecular flexibility index (Phi) is 18.2. The molecule has 12 nitrogen and oxygen atoms in total. The van der Waals surface area contributed by atoms with Gasteiger partial charge >= 0.3 is 5.97 Å². The highest BCUT2D eigenvalue weighted by Crippen LogP contribution is 2.36. The third-order valence-electron chi connectivity index (χ3n) is 7.51. The van der Waals surface area contributed by atoms with Gasteiger partial charge in [0.05, 0.1) is 6.61 Å². The van der Waals surface area contributed by atoms with Crippen molar-refractivity contribution in [2.75, 3.05) is 19.8 Å². The van der Waals surface area contributed by atoms with Gasteiger partial charge in [0.15, 0.2) is 6.29 Å². The number of ether oxygens (including phenoxy) is 4. The van der Waals surface area contributed by atoms with E-state index in [1.54, 1.807) is 0 Å². The fourth-order valence-electron chi connectivity index (χ4n) is 4.79. The van der Waals surface area contributed by atoms with Crippen molar-refractivity contribution in [3.63, 3.8) is 0 Å². The predicted molar refractivity (Wildman–Crippen MR) is 161 cm³/mol. The molecule has 0 aromatic rings. The molecule has 0 radical (unpaired) electrons. The minimum Gasteiger partial charge on any atom is -0.463 e. The number of esters is 1. The summed E-state index contributed by atoms with van der Waals surface area (Å²) in [6.07, 6.45) is 12.9. The molecule has 0 bridgehead atoms. The maximum absolute atomic E-state index is 12.2. The fourth-order valence-corrected chi connectivity index (χ4v) is 4.79. The Morgan fingerprint density at radius 1 is 0.750 bits per heavy atom. The van der Waals surface area contributed by atoms with E-state index in [2.05, 4.69) is 43.4 Å². The molecule has 2 aliphatic heterocycles. The van der Waals surface area contributed by atoms with Crippen LogP contribution in [0.3, 0.4) is 0 Å². The molecule has 12 heteroatoms. The monoisotopic (exact) mass is 628 g/mol. The van der Waals surface area contributed by atoms with E-state index < -0.39 is 80.6 Å². The molecule has 0 unspecified atom stereocenters. The van der Waals surface area contributed by atoms with Crippen LogP contribution < -0.4 is 0 Å². The summed E-state index contributed by atoms with van der Waals surface area (Å²) in [5, 5.41) is 70.4. The molecule has 0 aromatic carbocycles. The van der Waals surface area contributed by atoms with Crippen molar-refractivity contribution in [1.82, 2.24) is 0 Å². The molecular weight excluding hydrogens is 576 g/mol. The number of rotatable bonds is 20. The summed E-state index contributed by atoms with van der Waals surface area (Å²) in [5.41, 5.74) is 0. The first kappa shape index (κ1) is 38.2. The maximum Gasteiger partial charge on any atom is 0.305 e. The highest BCUT2D eigenvalue weighted by atomic mass is 16.8. The highest BCUT2D eigenvalue weighted by Gasteiger charge is 2.58. The van der Waals surface area contributed by atoms with E-state index in [9.17, 15) is 40.5 Å². The Hall–Kier alpha value is -1.97. The minimum absolute atomic E-state index is 0.121. The number of aliphatic hydroxyl groups excluding tert-OH is 7. The second kappa shape index (κ2) is 20.9. The average Bonchev–Trinajstić information content (AvgIpc) is 3.26. The lowest BCUT2D eigenvalue weighted by Gasteiger charge is -2.43. The van der Waals surface area contributed by atoms with Gasteiger partial charge in [0.25, 0.3) is 0 Å². The maximum atomic E-state index is 12.2. The first-order valence-electron chi connectivity index (χ1n) is 15.6. The lowest BCUT2D eigenvalue weighted by molar-refractivity contribution is -0.383. The van der Waals surface area contributed by atoms with E-state index in [0.717, 1.165) is 25.7 Å². The lowest BCUT2D eigenvalue weighted by Crippen LogP contribution is -2.62. The van der Waals surface area contributed by atoms with Gasteiger partial charge in [-0.25, -0.2) is 0 Å². The van der Waals surface area contributed by atoms with Crippen LogP contribution in [0.1, 0.15) is 71.1 Å². The van der Waals surface area contributed by atoms with Crippen LogP contribution in [-0.2, 0) is 23.7 Å². The number of unbranched alkanes of at least 4 members (excludes halogenated alkanes) is 4. The predicted octanol–water partition coefficient (Wildman–Crippen LogP) is 1.30. The summed E-state index contributed by atoms with van der Waals surface area (Å²) in [7, 11) is 0. The first-order chi connectivity index (χ1) is 21.2. The summed E-state index contributed by atoms with van der Waals surface area (Å²) < 4.78 is 21.4. The van der Waals surface area contributed by atoms with Crippen molar-refractivity contribution < 1.29 is 59.5 Å². The van der Waals surface area contributed by atoms with E-state index in [1.165, 1.54) is 19.3 Å². The molecule has 2 aliphatic rings. The Bertz CT molecular complexity index is 919. The molecule has 7 N–H and O–H groups in total. The average molecular weight is 629 g/mol. The Labute approximate surface area is 259 Å². The Balaban J connectivity index is 1.65. The third-order valence-corrected chi connectivity index (χ3v) is 7.51. The molecule has 0 aliphatic carbocycles.